The van der Waals surface area contributed by atoms with Gasteiger partial charge in [-0.15, -0.1) is 5.11 Å². The zero-order chi connectivity index (χ0) is 21.2. The summed E-state index contributed by atoms with van der Waals surface area (Å²) >= 11 is 5.95. The van der Waals surface area contributed by atoms with Gasteiger partial charge in [0.05, 0.1) is 17.1 Å². The first-order chi connectivity index (χ1) is 15.2. The van der Waals surface area contributed by atoms with Crippen molar-refractivity contribution in [3.8, 4) is 16.9 Å². The lowest BCUT2D eigenvalue weighted by molar-refractivity contribution is 0.859. The second kappa shape index (κ2) is 8.05. The minimum Gasteiger partial charge on any atom is -0.288 e. The minimum absolute atomic E-state index is 0.245. The van der Waals surface area contributed by atoms with Gasteiger partial charge in [0.2, 0.25) is 0 Å². The minimum atomic E-state index is -0.270. The Morgan fingerprint density at radius 2 is 1.45 bits per heavy atom. The smallest absolute Gasteiger partial charge is 0.288 e. The molecular formula is C25H17ClN4O. The van der Waals surface area contributed by atoms with Gasteiger partial charge in [-0.1, -0.05) is 78.3 Å². The number of nitrogens with one attached hydrogen (secondary N) is 1. The van der Waals surface area contributed by atoms with Gasteiger partial charge in [0.1, 0.15) is 0 Å². The van der Waals surface area contributed by atoms with E-state index < -0.39 is 0 Å². The molecule has 0 aliphatic rings. The molecule has 0 aliphatic carbocycles. The van der Waals surface area contributed by atoms with E-state index in [1.807, 2.05) is 72.8 Å². The second-order valence-electron chi connectivity index (χ2n) is 7.02. The molecule has 0 atom stereocenters. The van der Waals surface area contributed by atoms with Crippen LogP contribution in [0.1, 0.15) is 0 Å². The van der Waals surface area contributed by atoms with E-state index in [1.165, 1.54) is 4.68 Å². The van der Waals surface area contributed by atoms with Crippen LogP contribution in [0.15, 0.2) is 112 Å². The number of nitrogens with zero attached hydrogens (tertiary/aromatic N) is 3. The third kappa shape index (κ3) is 3.67. The molecule has 5 aromatic rings. The standard InChI is InChI=1S/C25H17ClN4O/c26-19-13-15-20(16-14-19)27-28-24-23(18-8-2-1-3-9-18)29-30(25(24)31)22-12-6-10-17-7-4-5-11-21(17)22/h1-16,29H. The molecular weight excluding hydrogens is 408 g/mol. The van der Waals surface area contributed by atoms with Crippen LogP contribution < -0.4 is 5.56 Å². The van der Waals surface area contributed by atoms with Crippen molar-refractivity contribution in [2.24, 2.45) is 10.2 Å². The summed E-state index contributed by atoms with van der Waals surface area (Å²) in [5, 5.41) is 14.5. The maximum atomic E-state index is 13.4. The molecule has 0 fully saturated rings. The van der Waals surface area contributed by atoms with Crippen LogP contribution in [0.25, 0.3) is 27.7 Å². The Bertz CT molecular complexity index is 1450. The largest absolute Gasteiger partial charge is 0.299 e. The lowest BCUT2D eigenvalue weighted by atomic mass is 10.1. The summed E-state index contributed by atoms with van der Waals surface area (Å²) in [6, 6.07) is 30.4. The molecule has 5 nitrogen and oxygen atoms in total. The Morgan fingerprint density at radius 3 is 2.26 bits per heavy atom. The van der Waals surface area contributed by atoms with E-state index in [9.17, 15) is 4.79 Å². The van der Waals surface area contributed by atoms with Crippen molar-refractivity contribution in [1.82, 2.24) is 9.78 Å². The van der Waals surface area contributed by atoms with Crippen molar-refractivity contribution in [3.05, 3.63) is 112 Å². The third-order valence-corrected chi connectivity index (χ3v) is 5.28. The molecule has 0 spiro atoms. The number of fused-ring (bicyclic) bond motifs is 1. The summed E-state index contributed by atoms with van der Waals surface area (Å²) in [6.45, 7) is 0. The molecule has 0 saturated heterocycles. The lowest BCUT2D eigenvalue weighted by Crippen LogP contribution is -2.14. The number of halogens is 1. The first kappa shape index (κ1) is 19.0. The number of rotatable bonds is 4. The Morgan fingerprint density at radius 1 is 0.742 bits per heavy atom. The number of azo groups is 1. The molecule has 4 aromatic carbocycles. The van der Waals surface area contributed by atoms with Crippen molar-refractivity contribution in [1.29, 1.82) is 0 Å². The fourth-order valence-electron chi connectivity index (χ4n) is 3.52. The average molecular weight is 425 g/mol. The van der Waals surface area contributed by atoms with Gasteiger partial charge in [-0.2, -0.15) is 5.11 Å². The Balaban J connectivity index is 1.71. The maximum absolute atomic E-state index is 13.4. The summed E-state index contributed by atoms with van der Waals surface area (Å²) in [5.41, 5.74) is 2.80. The fraction of sp³-hybridized carbons (Fsp3) is 0. The van der Waals surface area contributed by atoms with Crippen molar-refractivity contribution < 1.29 is 0 Å². The van der Waals surface area contributed by atoms with Gasteiger partial charge in [0.15, 0.2) is 5.69 Å². The van der Waals surface area contributed by atoms with E-state index in [2.05, 4.69) is 15.3 Å². The fourth-order valence-corrected chi connectivity index (χ4v) is 3.64. The van der Waals surface area contributed by atoms with Gasteiger partial charge in [-0.25, -0.2) is 4.68 Å². The molecule has 0 unspecified atom stereocenters. The number of aromatic amines is 1. The van der Waals surface area contributed by atoms with Crippen LogP contribution in [-0.4, -0.2) is 9.78 Å². The predicted octanol–water partition coefficient (Wildman–Crippen LogP) is 7.05. The monoisotopic (exact) mass is 424 g/mol. The highest BCUT2D eigenvalue weighted by Gasteiger charge is 2.18. The van der Waals surface area contributed by atoms with E-state index in [4.69, 9.17) is 11.6 Å². The van der Waals surface area contributed by atoms with Gasteiger partial charge in [0.25, 0.3) is 5.56 Å². The summed E-state index contributed by atoms with van der Waals surface area (Å²) < 4.78 is 1.53. The quantitative estimate of drug-likeness (QED) is 0.308. The van der Waals surface area contributed by atoms with Crippen molar-refractivity contribution in [2.45, 2.75) is 0 Å². The van der Waals surface area contributed by atoms with Gasteiger partial charge < -0.3 is 0 Å². The van der Waals surface area contributed by atoms with Crippen LogP contribution in [-0.2, 0) is 0 Å². The Kier molecular flexibility index (Phi) is 4.94. The SMILES string of the molecule is O=c1c(N=Nc2ccc(Cl)cc2)c(-c2ccccc2)[nH]n1-c1cccc2ccccc12. The molecule has 1 aromatic heterocycles. The molecule has 0 bridgehead atoms. The van der Waals surface area contributed by atoms with Gasteiger partial charge >= 0.3 is 0 Å². The van der Waals surface area contributed by atoms with Crippen LogP contribution in [0, 0.1) is 0 Å². The molecule has 0 amide bonds. The summed E-state index contributed by atoms with van der Waals surface area (Å²) in [4.78, 5) is 13.4. The van der Waals surface area contributed by atoms with Crippen LogP contribution >= 0.6 is 11.6 Å². The second-order valence-corrected chi connectivity index (χ2v) is 7.45. The number of H-pyrrole nitrogens is 1. The lowest BCUT2D eigenvalue weighted by Gasteiger charge is -2.06. The van der Waals surface area contributed by atoms with E-state index in [1.54, 1.807) is 24.3 Å². The molecule has 0 saturated carbocycles. The molecule has 150 valence electrons. The Hall–Kier alpha value is -3.96. The van der Waals surface area contributed by atoms with E-state index >= 15 is 0 Å². The maximum Gasteiger partial charge on any atom is 0.299 e. The van der Waals surface area contributed by atoms with Gasteiger partial charge in [-0.3, -0.25) is 9.89 Å². The highest BCUT2D eigenvalue weighted by Crippen LogP contribution is 2.30. The van der Waals surface area contributed by atoms with Crippen LogP contribution in [0.3, 0.4) is 0 Å². The van der Waals surface area contributed by atoms with E-state index in [-0.39, 0.29) is 11.2 Å². The molecule has 6 heteroatoms. The topological polar surface area (TPSA) is 62.5 Å². The summed E-state index contributed by atoms with van der Waals surface area (Å²) in [7, 11) is 0. The highest BCUT2D eigenvalue weighted by atomic mass is 35.5. The molecule has 1 N–H and O–H groups in total. The predicted molar refractivity (Wildman–Crippen MR) is 125 cm³/mol. The van der Waals surface area contributed by atoms with Crippen molar-refractivity contribution in [3.63, 3.8) is 0 Å². The zero-order valence-electron chi connectivity index (χ0n) is 16.4. The van der Waals surface area contributed by atoms with E-state index in [0.29, 0.717) is 16.4 Å². The molecule has 0 radical (unpaired) electrons. The molecule has 5 rings (SSSR count). The molecule has 0 aliphatic heterocycles. The number of benzene rings is 4. The molecule has 31 heavy (non-hydrogen) atoms. The van der Waals surface area contributed by atoms with Gasteiger partial charge in [-0.05, 0) is 35.7 Å². The Labute approximate surface area is 183 Å². The number of hydrogen-bond acceptors (Lipinski definition) is 3. The third-order valence-electron chi connectivity index (χ3n) is 5.03. The normalized spacial score (nSPS) is 11.4. The van der Waals surface area contributed by atoms with Crippen molar-refractivity contribution >= 4 is 33.7 Å². The van der Waals surface area contributed by atoms with Crippen molar-refractivity contribution in [2.75, 3.05) is 0 Å². The van der Waals surface area contributed by atoms with Crippen LogP contribution in [0.2, 0.25) is 5.02 Å². The highest BCUT2D eigenvalue weighted by molar-refractivity contribution is 6.30. The van der Waals surface area contributed by atoms with Crippen LogP contribution in [0.5, 0.6) is 0 Å². The first-order valence-electron chi connectivity index (χ1n) is 9.76. The number of hydrogen-bond donors (Lipinski definition) is 1. The summed E-state index contributed by atoms with van der Waals surface area (Å²) in [6.07, 6.45) is 0. The summed E-state index contributed by atoms with van der Waals surface area (Å²) in [5.74, 6) is 0. The van der Waals surface area contributed by atoms with Crippen LogP contribution in [0.4, 0.5) is 11.4 Å². The average Bonchev–Trinajstić information content (AvgIpc) is 3.15. The van der Waals surface area contributed by atoms with Gasteiger partial charge in [0, 0.05) is 16.0 Å². The first-order valence-corrected chi connectivity index (χ1v) is 10.1. The molecule has 1 heterocycles. The number of aromatic nitrogens is 2. The zero-order valence-corrected chi connectivity index (χ0v) is 17.1. The van der Waals surface area contributed by atoms with E-state index in [0.717, 1.165) is 22.0 Å².